The molecule has 1 N–H and O–H groups in total. The fraction of sp³-hybridized carbons (Fsp3) is 0.333. The molecule has 1 atom stereocenters. The first kappa shape index (κ1) is 16.2. The molecule has 124 valence electrons. The van der Waals surface area contributed by atoms with Crippen molar-refractivity contribution in [1.29, 1.82) is 0 Å². The monoisotopic (exact) mass is 326 g/mol. The van der Waals surface area contributed by atoms with Gasteiger partial charge in [-0.1, -0.05) is 18.2 Å². The van der Waals surface area contributed by atoms with Crippen molar-refractivity contribution < 1.29 is 9.13 Å². The molecule has 0 unspecified atom stereocenters. The average molecular weight is 326 g/mol. The summed E-state index contributed by atoms with van der Waals surface area (Å²) in [6.45, 7) is 11.8. The molecule has 1 aliphatic heterocycles. The molecule has 0 saturated carbocycles. The lowest BCUT2D eigenvalue weighted by Gasteiger charge is -2.32. The molecular weight excluding hydrogens is 307 g/mol. The Kier molecular flexibility index (Phi) is 4.92. The molecule has 0 amide bonds. The van der Waals surface area contributed by atoms with Crippen LogP contribution in [0.1, 0.15) is 12.5 Å². The average Bonchev–Trinajstić information content (AvgIpc) is 2.61. The Hall–Kier alpha value is -2.65. The van der Waals surface area contributed by atoms with E-state index in [1.807, 2.05) is 12.1 Å². The summed E-state index contributed by atoms with van der Waals surface area (Å²) < 4.78 is 19.5. The van der Waals surface area contributed by atoms with Crippen LogP contribution in [0.4, 0.5) is 15.9 Å². The van der Waals surface area contributed by atoms with E-state index in [4.69, 9.17) is 11.3 Å². The van der Waals surface area contributed by atoms with Gasteiger partial charge in [-0.15, -0.1) is 0 Å². The van der Waals surface area contributed by atoms with Crippen LogP contribution in [0, 0.1) is 12.4 Å². The van der Waals surface area contributed by atoms with E-state index in [9.17, 15) is 4.39 Å². The number of aromatic nitrogens is 1. The first-order valence-electron chi connectivity index (χ1n) is 7.90. The molecule has 6 heteroatoms. The van der Waals surface area contributed by atoms with E-state index in [2.05, 4.69) is 27.0 Å². The zero-order chi connectivity index (χ0) is 16.9. The first-order valence-corrected chi connectivity index (χ1v) is 7.90. The van der Waals surface area contributed by atoms with Crippen molar-refractivity contribution >= 4 is 11.5 Å². The predicted octanol–water partition coefficient (Wildman–Crippen LogP) is 3.15. The molecule has 1 aromatic heterocycles. The topological polar surface area (TPSA) is 41.8 Å². The summed E-state index contributed by atoms with van der Waals surface area (Å²) in [6, 6.07) is 10.4. The van der Waals surface area contributed by atoms with Crippen LogP contribution in [0.5, 0.6) is 5.88 Å². The number of pyridine rings is 1. The highest BCUT2D eigenvalue weighted by Gasteiger charge is 2.17. The zero-order valence-corrected chi connectivity index (χ0v) is 13.5. The van der Waals surface area contributed by atoms with Crippen LogP contribution in [-0.2, 0) is 6.61 Å². The molecule has 0 aliphatic carbocycles. The second kappa shape index (κ2) is 7.28. The standard InChI is InChI=1S/C18H19FN4O/c1-13-11-23(9-8-21-13)17-4-3-5-18(22-17)24-12-14-6-7-15(20-2)10-16(14)19/h3-7,10,13,21H,8-9,11-12H2,1H3/t13-/m0/s1. The zero-order valence-electron chi connectivity index (χ0n) is 13.5. The Morgan fingerprint density at radius 2 is 2.29 bits per heavy atom. The number of hydrogen-bond donors (Lipinski definition) is 1. The van der Waals surface area contributed by atoms with Crippen molar-refractivity contribution in [1.82, 2.24) is 10.3 Å². The molecule has 3 rings (SSSR count). The summed E-state index contributed by atoms with van der Waals surface area (Å²) in [6.07, 6.45) is 0. The summed E-state index contributed by atoms with van der Waals surface area (Å²) in [5.41, 5.74) is 0.689. The van der Waals surface area contributed by atoms with Gasteiger partial charge in [-0.05, 0) is 19.1 Å². The van der Waals surface area contributed by atoms with Gasteiger partial charge in [0.15, 0.2) is 5.69 Å². The maximum absolute atomic E-state index is 13.9. The lowest BCUT2D eigenvalue weighted by atomic mass is 10.2. The third kappa shape index (κ3) is 3.81. The van der Waals surface area contributed by atoms with E-state index < -0.39 is 5.82 Å². The fourth-order valence-corrected chi connectivity index (χ4v) is 2.68. The van der Waals surface area contributed by atoms with Gasteiger partial charge in [0.05, 0.1) is 6.57 Å². The molecular formula is C18H19FN4O. The summed E-state index contributed by atoms with van der Waals surface area (Å²) in [5.74, 6) is 0.896. The van der Waals surface area contributed by atoms with Crippen molar-refractivity contribution in [3.63, 3.8) is 0 Å². The Morgan fingerprint density at radius 1 is 1.42 bits per heavy atom. The first-order chi connectivity index (χ1) is 11.7. The van der Waals surface area contributed by atoms with E-state index >= 15 is 0 Å². The van der Waals surface area contributed by atoms with Crippen LogP contribution in [0.2, 0.25) is 0 Å². The number of hydrogen-bond acceptors (Lipinski definition) is 4. The molecule has 2 heterocycles. The van der Waals surface area contributed by atoms with Crippen LogP contribution in [-0.4, -0.2) is 30.7 Å². The number of nitrogens with zero attached hydrogens (tertiary/aromatic N) is 3. The van der Waals surface area contributed by atoms with Gasteiger partial charge in [-0.25, -0.2) is 9.24 Å². The maximum Gasteiger partial charge on any atom is 0.215 e. The van der Waals surface area contributed by atoms with Crippen LogP contribution >= 0.6 is 0 Å². The van der Waals surface area contributed by atoms with E-state index in [1.165, 1.54) is 6.07 Å². The summed E-state index contributed by atoms with van der Waals surface area (Å²) in [7, 11) is 0. The minimum atomic E-state index is -0.435. The van der Waals surface area contributed by atoms with Crippen molar-refractivity contribution in [2.75, 3.05) is 24.5 Å². The van der Waals surface area contributed by atoms with Gasteiger partial charge in [0, 0.05) is 37.3 Å². The highest BCUT2D eigenvalue weighted by atomic mass is 19.1. The van der Waals surface area contributed by atoms with Crippen LogP contribution in [0.25, 0.3) is 4.85 Å². The summed E-state index contributed by atoms with van der Waals surface area (Å²) >= 11 is 0. The molecule has 24 heavy (non-hydrogen) atoms. The van der Waals surface area contributed by atoms with Crippen LogP contribution in [0.3, 0.4) is 0 Å². The molecule has 2 aromatic rings. The number of piperazine rings is 1. The van der Waals surface area contributed by atoms with Gasteiger partial charge in [-0.3, -0.25) is 0 Å². The van der Waals surface area contributed by atoms with Crippen molar-refractivity contribution in [2.45, 2.75) is 19.6 Å². The normalized spacial score (nSPS) is 17.4. The number of anilines is 1. The smallest absolute Gasteiger partial charge is 0.215 e. The molecule has 0 spiro atoms. The van der Waals surface area contributed by atoms with E-state index in [0.29, 0.717) is 17.5 Å². The number of benzene rings is 1. The van der Waals surface area contributed by atoms with E-state index in [-0.39, 0.29) is 12.3 Å². The third-order valence-corrected chi connectivity index (χ3v) is 3.94. The number of ether oxygens (including phenoxy) is 1. The second-order valence-corrected chi connectivity index (χ2v) is 5.81. The van der Waals surface area contributed by atoms with Crippen LogP contribution in [0.15, 0.2) is 36.4 Å². The lowest BCUT2D eigenvalue weighted by Crippen LogP contribution is -2.49. The largest absolute Gasteiger partial charge is 0.473 e. The van der Waals surface area contributed by atoms with Gasteiger partial charge >= 0.3 is 0 Å². The molecule has 1 saturated heterocycles. The maximum atomic E-state index is 13.9. The third-order valence-electron chi connectivity index (χ3n) is 3.94. The molecule has 5 nitrogen and oxygen atoms in total. The fourth-order valence-electron chi connectivity index (χ4n) is 2.68. The second-order valence-electron chi connectivity index (χ2n) is 5.81. The van der Waals surface area contributed by atoms with Crippen molar-refractivity contribution in [3.05, 3.63) is 59.2 Å². The predicted molar refractivity (Wildman–Crippen MR) is 90.9 cm³/mol. The van der Waals surface area contributed by atoms with Gasteiger partial charge in [0.2, 0.25) is 5.88 Å². The molecule has 1 aromatic carbocycles. The minimum Gasteiger partial charge on any atom is -0.473 e. The quantitative estimate of drug-likeness (QED) is 0.877. The van der Waals surface area contributed by atoms with Gasteiger partial charge < -0.3 is 15.0 Å². The summed E-state index contributed by atoms with van der Waals surface area (Å²) in [5, 5.41) is 3.40. The molecule has 1 fully saturated rings. The van der Waals surface area contributed by atoms with Crippen LogP contribution < -0.4 is 15.0 Å². The minimum absolute atomic E-state index is 0.0819. The van der Waals surface area contributed by atoms with Crippen molar-refractivity contribution in [3.8, 4) is 5.88 Å². The van der Waals surface area contributed by atoms with Crippen molar-refractivity contribution in [2.24, 2.45) is 0 Å². The Bertz CT molecular complexity index is 759. The molecule has 1 aliphatic rings. The molecule has 0 bridgehead atoms. The highest BCUT2D eigenvalue weighted by Crippen LogP contribution is 2.21. The number of halogens is 1. The molecule has 0 radical (unpaired) electrons. The number of nitrogens with one attached hydrogen (secondary N) is 1. The highest BCUT2D eigenvalue weighted by molar-refractivity contribution is 5.46. The summed E-state index contributed by atoms with van der Waals surface area (Å²) in [4.78, 5) is 9.93. The van der Waals surface area contributed by atoms with E-state index in [1.54, 1.807) is 18.2 Å². The lowest BCUT2D eigenvalue weighted by molar-refractivity contribution is 0.288. The number of rotatable bonds is 4. The Morgan fingerprint density at radius 3 is 3.04 bits per heavy atom. The SMILES string of the molecule is [C-]#[N+]c1ccc(COc2cccc(N3CCN[C@@H](C)C3)n2)c(F)c1. The van der Waals surface area contributed by atoms with Gasteiger partial charge in [-0.2, -0.15) is 4.98 Å². The van der Waals surface area contributed by atoms with E-state index in [0.717, 1.165) is 25.5 Å². The van der Waals surface area contributed by atoms with Gasteiger partial charge in [0.1, 0.15) is 18.2 Å². The Labute approximate surface area is 140 Å². The van der Waals surface area contributed by atoms with Gasteiger partial charge in [0.25, 0.3) is 0 Å². The Balaban J connectivity index is 1.68.